The van der Waals surface area contributed by atoms with Crippen LogP contribution >= 0.6 is 0 Å². The molecule has 0 atom stereocenters. The number of likely N-dealkylation sites (tertiary alicyclic amines) is 1. The number of aryl methyl sites for hydroxylation is 1. The molecule has 2 amide bonds. The van der Waals surface area contributed by atoms with Crippen LogP contribution in [0.1, 0.15) is 41.4 Å². The van der Waals surface area contributed by atoms with E-state index in [9.17, 15) is 4.79 Å². The van der Waals surface area contributed by atoms with Crippen molar-refractivity contribution in [1.82, 2.24) is 20.2 Å². The molecule has 1 aromatic carbocycles. The van der Waals surface area contributed by atoms with Gasteiger partial charge in [-0.05, 0) is 25.3 Å². The van der Waals surface area contributed by atoms with Crippen molar-refractivity contribution in [2.45, 2.75) is 38.8 Å². The van der Waals surface area contributed by atoms with Crippen molar-refractivity contribution in [1.29, 1.82) is 0 Å². The maximum Gasteiger partial charge on any atom is 0.317 e. The predicted octanol–water partition coefficient (Wildman–Crippen LogP) is 3.04. The number of benzene rings is 1. The Morgan fingerprint density at radius 2 is 1.97 bits per heavy atom. The Labute approximate surface area is 172 Å². The maximum absolute atomic E-state index is 12.5. The van der Waals surface area contributed by atoms with E-state index in [4.69, 9.17) is 14.5 Å². The van der Waals surface area contributed by atoms with Crippen LogP contribution in [0.5, 0.6) is 0 Å². The lowest BCUT2D eigenvalue weighted by atomic mass is 9.91. The van der Waals surface area contributed by atoms with Crippen LogP contribution in [0.15, 0.2) is 36.5 Å². The van der Waals surface area contributed by atoms with E-state index in [1.165, 1.54) is 0 Å². The topological polar surface area (TPSA) is 76.6 Å². The Morgan fingerprint density at radius 1 is 1.21 bits per heavy atom. The van der Waals surface area contributed by atoms with Crippen LogP contribution in [0.25, 0.3) is 0 Å². The summed E-state index contributed by atoms with van der Waals surface area (Å²) in [7, 11) is 1.66. The van der Waals surface area contributed by atoms with Crippen molar-refractivity contribution in [2.24, 2.45) is 0 Å². The first-order valence-corrected chi connectivity index (χ1v) is 10.1. The highest BCUT2D eigenvalue weighted by molar-refractivity contribution is 5.74. The highest BCUT2D eigenvalue weighted by atomic mass is 16.5. The number of ether oxygens (including phenoxy) is 2. The number of nitrogens with zero attached hydrogens (tertiary/aromatic N) is 3. The molecule has 0 spiro atoms. The van der Waals surface area contributed by atoms with Crippen molar-refractivity contribution in [3.63, 3.8) is 0 Å². The van der Waals surface area contributed by atoms with Gasteiger partial charge in [-0.25, -0.2) is 14.8 Å². The molecular formula is C22H30N4O3. The first-order chi connectivity index (χ1) is 14.2. The second-order valence-corrected chi connectivity index (χ2v) is 7.28. The Balaban J connectivity index is 1.53. The van der Waals surface area contributed by atoms with E-state index in [0.717, 1.165) is 48.6 Å². The number of piperidine rings is 1. The zero-order valence-corrected chi connectivity index (χ0v) is 17.3. The minimum atomic E-state index is -0.00528. The van der Waals surface area contributed by atoms with Gasteiger partial charge in [-0.2, -0.15) is 0 Å². The molecule has 0 aliphatic carbocycles. The van der Waals surface area contributed by atoms with Crippen molar-refractivity contribution in [2.75, 3.05) is 33.4 Å². The molecule has 0 saturated carbocycles. The minimum Gasteiger partial charge on any atom is -0.382 e. The molecule has 1 saturated heterocycles. The third-order valence-corrected chi connectivity index (χ3v) is 5.16. The van der Waals surface area contributed by atoms with E-state index in [1.807, 2.05) is 48.4 Å². The summed E-state index contributed by atoms with van der Waals surface area (Å²) in [5, 5.41) is 3.01. The molecule has 7 heteroatoms. The largest absolute Gasteiger partial charge is 0.382 e. The lowest BCUT2D eigenvalue weighted by Gasteiger charge is -2.32. The van der Waals surface area contributed by atoms with E-state index in [-0.39, 0.29) is 6.03 Å². The summed E-state index contributed by atoms with van der Waals surface area (Å²) in [5.41, 5.74) is 3.18. The van der Waals surface area contributed by atoms with Crippen molar-refractivity contribution < 1.29 is 14.3 Å². The van der Waals surface area contributed by atoms with Gasteiger partial charge in [-0.1, -0.05) is 30.3 Å². The van der Waals surface area contributed by atoms with Gasteiger partial charge in [0.1, 0.15) is 5.82 Å². The number of carbonyl (C=O) groups excluding carboxylic acids is 1. The summed E-state index contributed by atoms with van der Waals surface area (Å²) >= 11 is 0. The molecule has 2 heterocycles. The third kappa shape index (κ3) is 6.24. The second kappa shape index (κ2) is 10.9. The van der Waals surface area contributed by atoms with E-state index in [2.05, 4.69) is 10.3 Å². The van der Waals surface area contributed by atoms with Gasteiger partial charge in [0.25, 0.3) is 0 Å². The van der Waals surface area contributed by atoms with E-state index < -0.39 is 0 Å². The number of nitrogens with one attached hydrogen (secondary N) is 1. The number of hydrogen-bond donors (Lipinski definition) is 1. The van der Waals surface area contributed by atoms with Crippen molar-refractivity contribution in [3.8, 4) is 0 Å². The van der Waals surface area contributed by atoms with E-state index in [0.29, 0.717) is 32.3 Å². The number of amides is 2. The third-order valence-electron chi connectivity index (χ3n) is 5.16. The first kappa shape index (κ1) is 21.2. The van der Waals surface area contributed by atoms with Gasteiger partial charge in [0.15, 0.2) is 0 Å². The molecule has 29 heavy (non-hydrogen) atoms. The molecule has 3 rings (SSSR count). The lowest BCUT2D eigenvalue weighted by molar-refractivity contribution is 0.0607. The van der Waals surface area contributed by atoms with Gasteiger partial charge in [0, 0.05) is 44.4 Å². The average Bonchev–Trinajstić information content (AvgIpc) is 2.76. The zero-order chi connectivity index (χ0) is 20.5. The predicted molar refractivity (Wildman–Crippen MR) is 111 cm³/mol. The Morgan fingerprint density at radius 3 is 2.69 bits per heavy atom. The Bertz CT molecular complexity index is 777. The molecule has 156 valence electrons. The zero-order valence-electron chi connectivity index (χ0n) is 17.3. The van der Waals surface area contributed by atoms with Crippen LogP contribution in [-0.2, 0) is 22.6 Å². The van der Waals surface area contributed by atoms with Crippen LogP contribution in [0.3, 0.4) is 0 Å². The quantitative estimate of drug-likeness (QED) is 0.692. The van der Waals surface area contributed by atoms with Crippen LogP contribution < -0.4 is 5.32 Å². The number of carbonyl (C=O) groups is 1. The molecule has 0 unspecified atom stereocenters. The molecule has 0 bridgehead atoms. The first-order valence-electron chi connectivity index (χ1n) is 10.1. The fraction of sp³-hybridized carbons (Fsp3) is 0.500. The number of rotatable bonds is 8. The molecular weight excluding hydrogens is 368 g/mol. The Hall–Kier alpha value is -2.51. The fourth-order valence-electron chi connectivity index (χ4n) is 3.54. The summed E-state index contributed by atoms with van der Waals surface area (Å²) in [6.07, 6.45) is 3.64. The van der Waals surface area contributed by atoms with Gasteiger partial charge >= 0.3 is 6.03 Å². The average molecular weight is 399 g/mol. The number of aromatic nitrogens is 2. The molecule has 1 aliphatic heterocycles. The van der Waals surface area contributed by atoms with Crippen molar-refractivity contribution in [3.05, 3.63) is 59.2 Å². The van der Waals surface area contributed by atoms with Crippen molar-refractivity contribution >= 4 is 6.03 Å². The summed E-state index contributed by atoms with van der Waals surface area (Å²) in [6, 6.07) is 9.96. The maximum atomic E-state index is 12.5. The molecule has 2 aromatic rings. The van der Waals surface area contributed by atoms with E-state index >= 15 is 0 Å². The molecule has 1 N–H and O–H groups in total. The van der Waals surface area contributed by atoms with Gasteiger partial charge in [-0.3, -0.25) is 0 Å². The molecule has 7 nitrogen and oxygen atoms in total. The lowest BCUT2D eigenvalue weighted by Crippen LogP contribution is -2.44. The number of urea groups is 1. The number of methoxy groups -OCH3 is 1. The summed E-state index contributed by atoms with van der Waals surface area (Å²) in [6.45, 7) is 5.49. The summed E-state index contributed by atoms with van der Waals surface area (Å²) in [4.78, 5) is 23.4. The van der Waals surface area contributed by atoms with Gasteiger partial charge in [-0.15, -0.1) is 0 Å². The van der Waals surface area contributed by atoms with Gasteiger partial charge in [0.2, 0.25) is 0 Å². The normalized spacial score (nSPS) is 14.8. The Kier molecular flexibility index (Phi) is 7.95. The molecule has 1 aromatic heterocycles. The van der Waals surface area contributed by atoms with E-state index in [1.54, 1.807) is 7.11 Å². The second-order valence-electron chi connectivity index (χ2n) is 7.28. The monoisotopic (exact) mass is 398 g/mol. The fourth-order valence-corrected chi connectivity index (χ4v) is 3.54. The van der Waals surface area contributed by atoms with Crippen LogP contribution in [0.2, 0.25) is 0 Å². The SMILES string of the molecule is COCCOCc1cnc(C)nc1C1CCN(C(=O)NCc2ccccc2)CC1. The van der Waals surface area contributed by atoms with Crippen LogP contribution in [0, 0.1) is 6.92 Å². The standard InChI is InChI=1S/C22H30N4O3/c1-17-23-15-20(16-29-13-12-28-2)21(25-17)19-8-10-26(11-9-19)22(27)24-14-18-6-4-3-5-7-18/h3-7,15,19H,8-14,16H2,1-2H3,(H,24,27). The summed E-state index contributed by atoms with van der Waals surface area (Å²) < 4.78 is 10.7. The smallest absolute Gasteiger partial charge is 0.317 e. The van der Waals surface area contributed by atoms with Crippen LogP contribution in [-0.4, -0.2) is 54.3 Å². The molecule has 0 radical (unpaired) electrons. The highest BCUT2D eigenvalue weighted by Gasteiger charge is 2.26. The molecule has 1 aliphatic rings. The van der Waals surface area contributed by atoms with Gasteiger partial charge in [0.05, 0.1) is 25.5 Å². The van der Waals surface area contributed by atoms with Crippen LogP contribution in [0.4, 0.5) is 4.79 Å². The highest BCUT2D eigenvalue weighted by Crippen LogP contribution is 2.29. The number of hydrogen-bond acceptors (Lipinski definition) is 5. The minimum absolute atomic E-state index is 0.00528. The summed E-state index contributed by atoms with van der Waals surface area (Å²) in [5.74, 6) is 1.08. The molecule has 1 fully saturated rings. The van der Waals surface area contributed by atoms with Gasteiger partial charge < -0.3 is 19.7 Å².